The molecule has 1 aromatic rings. The second-order valence-corrected chi connectivity index (χ2v) is 5.99. The molecule has 16 heavy (non-hydrogen) atoms. The van der Waals surface area contributed by atoms with E-state index in [4.69, 9.17) is 17.3 Å². The number of anilines is 2. The Balaban J connectivity index is 2.14. The van der Waals surface area contributed by atoms with Gasteiger partial charge in [0.05, 0.1) is 22.5 Å². The monoisotopic (exact) mass is 258 g/mol. The molecule has 0 amide bonds. The molecule has 0 bridgehead atoms. The van der Waals surface area contributed by atoms with Gasteiger partial charge in [0.15, 0.2) is 9.84 Å². The highest BCUT2D eigenvalue weighted by atomic mass is 35.5. The number of rotatable bonds is 2. The van der Waals surface area contributed by atoms with Gasteiger partial charge < -0.3 is 11.1 Å². The highest BCUT2D eigenvalue weighted by Gasteiger charge is 2.21. The summed E-state index contributed by atoms with van der Waals surface area (Å²) in [6.07, 6.45) is 1.61. The molecule has 6 heteroatoms. The van der Waals surface area contributed by atoms with Crippen LogP contribution in [-0.2, 0) is 9.84 Å². The summed E-state index contributed by atoms with van der Waals surface area (Å²) < 4.78 is 22.4. The number of nitrogens with one attached hydrogen (secondary N) is 1. The molecule has 0 fully saturated rings. The van der Waals surface area contributed by atoms with E-state index in [0.717, 1.165) is 0 Å². The molecule has 1 atom stereocenters. The second-order valence-electron chi connectivity index (χ2n) is 3.65. The summed E-state index contributed by atoms with van der Waals surface area (Å²) >= 11 is 5.96. The fraction of sp³-hybridized carbons (Fsp3) is 0.200. The van der Waals surface area contributed by atoms with Crippen LogP contribution in [0, 0.1) is 0 Å². The van der Waals surface area contributed by atoms with Gasteiger partial charge in [0.1, 0.15) is 0 Å². The SMILES string of the molecule is Nc1ccc(NC2C=CS(=O)(=O)C2)c(Cl)c1. The molecule has 86 valence electrons. The zero-order chi connectivity index (χ0) is 11.8. The van der Waals surface area contributed by atoms with E-state index in [1.807, 2.05) is 0 Å². The highest BCUT2D eigenvalue weighted by Crippen LogP contribution is 2.25. The lowest BCUT2D eigenvalue weighted by molar-refractivity contribution is 0.605. The first-order valence-corrected chi connectivity index (χ1v) is 6.78. The lowest BCUT2D eigenvalue weighted by Gasteiger charge is -2.13. The number of benzene rings is 1. The number of halogens is 1. The molecule has 0 radical (unpaired) electrons. The highest BCUT2D eigenvalue weighted by molar-refractivity contribution is 7.94. The number of nitrogens with two attached hydrogens (primary N) is 1. The maximum absolute atomic E-state index is 11.2. The molecule has 0 saturated carbocycles. The molecule has 0 spiro atoms. The van der Waals surface area contributed by atoms with Crippen LogP contribution < -0.4 is 11.1 Å². The van der Waals surface area contributed by atoms with E-state index in [2.05, 4.69) is 5.32 Å². The molecule has 1 aromatic carbocycles. The third kappa shape index (κ3) is 2.48. The summed E-state index contributed by atoms with van der Waals surface area (Å²) in [5, 5.41) is 4.74. The van der Waals surface area contributed by atoms with Crippen molar-refractivity contribution in [2.75, 3.05) is 16.8 Å². The Morgan fingerprint density at radius 1 is 1.44 bits per heavy atom. The zero-order valence-electron chi connectivity index (χ0n) is 8.35. The van der Waals surface area contributed by atoms with Crippen LogP contribution in [0.4, 0.5) is 11.4 Å². The lowest BCUT2D eigenvalue weighted by atomic mass is 10.2. The minimum atomic E-state index is -3.05. The molecular weight excluding hydrogens is 248 g/mol. The van der Waals surface area contributed by atoms with Gasteiger partial charge in [-0.25, -0.2) is 8.42 Å². The van der Waals surface area contributed by atoms with Crippen LogP contribution in [-0.4, -0.2) is 20.2 Å². The molecule has 0 saturated heterocycles. The van der Waals surface area contributed by atoms with E-state index in [9.17, 15) is 8.42 Å². The topological polar surface area (TPSA) is 72.2 Å². The van der Waals surface area contributed by atoms with Crippen molar-refractivity contribution in [3.8, 4) is 0 Å². The van der Waals surface area contributed by atoms with Gasteiger partial charge in [-0.2, -0.15) is 0 Å². The average molecular weight is 259 g/mol. The third-order valence-electron chi connectivity index (χ3n) is 2.26. The molecule has 0 aliphatic carbocycles. The van der Waals surface area contributed by atoms with Gasteiger partial charge in [-0.3, -0.25) is 0 Å². The normalized spacial score (nSPS) is 22.2. The summed E-state index contributed by atoms with van der Waals surface area (Å²) in [6, 6.07) is 4.83. The van der Waals surface area contributed by atoms with Crippen LogP contribution in [0.5, 0.6) is 0 Å². The summed E-state index contributed by atoms with van der Waals surface area (Å²) in [6.45, 7) is 0. The van der Waals surface area contributed by atoms with Crippen LogP contribution in [0.3, 0.4) is 0 Å². The zero-order valence-corrected chi connectivity index (χ0v) is 9.92. The molecule has 0 aromatic heterocycles. The van der Waals surface area contributed by atoms with Gasteiger partial charge in [0.25, 0.3) is 0 Å². The Hall–Kier alpha value is -1.20. The van der Waals surface area contributed by atoms with Crippen molar-refractivity contribution in [1.82, 2.24) is 0 Å². The Morgan fingerprint density at radius 3 is 2.75 bits per heavy atom. The van der Waals surface area contributed by atoms with E-state index in [0.29, 0.717) is 16.4 Å². The quantitative estimate of drug-likeness (QED) is 0.791. The molecule has 1 heterocycles. The molecule has 4 nitrogen and oxygen atoms in total. The molecular formula is C10H11ClN2O2S. The molecule has 2 rings (SSSR count). The van der Waals surface area contributed by atoms with E-state index in [-0.39, 0.29) is 11.8 Å². The third-order valence-corrected chi connectivity index (χ3v) is 3.97. The number of hydrogen-bond acceptors (Lipinski definition) is 4. The first-order chi connectivity index (χ1) is 7.46. The van der Waals surface area contributed by atoms with Crippen molar-refractivity contribution >= 4 is 32.8 Å². The van der Waals surface area contributed by atoms with Crippen molar-refractivity contribution in [2.24, 2.45) is 0 Å². The van der Waals surface area contributed by atoms with Crippen molar-refractivity contribution < 1.29 is 8.42 Å². The van der Waals surface area contributed by atoms with Crippen molar-refractivity contribution in [1.29, 1.82) is 0 Å². The Kier molecular flexibility index (Phi) is 2.82. The lowest BCUT2D eigenvalue weighted by Crippen LogP contribution is -2.21. The van der Waals surface area contributed by atoms with E-state index in [1.165, 1.54) is 5.41 Å². The number of sulfone groups is 1. The van der Waals surface area contributed by atoms with Gasteiger partial charge in [0.2, 0.25) is 0 Å². The first-order valence-electron chi connectivity index (χ1n) is 4.69. The van der Waals surface area contributed by atoms with Crippen molar-refractivity contribution in [2.45, 2.75) is 6.04 Å². The number of hydrogen-bond donors (Lipinski definition) is 2. The van der Waals surface area contributed by atoms with Gasteiger partial charge >= 0.3 is 0 Å². The van der Waals surface area contributed by atoms with Gasteiger partial charge in [-0.05, 0) is 18.2 Å². The minimum Gasteiger partial charge on any atom is -0.399 e. The molecule has 3 N–H and O–H groups in total. The van der Waals surface area contributed by atoms with Gasteiger partial charge in [-0.1, -0.05) is 17.7 Å². The van der Waals surface area contributed by atoms with E-state index < -0.39 is 9.84 Å². The maximum Gasteiger partial charge on any atom is 0.173 e. The largest absolute Gasteiger partial charge is 0.399 e. The van der Waals surface area contributed by atoms with Crippen molar-refractivity contribution in [3.63, 3.8) is 0 Å². The summed E-state index contributed by atoms with van der Waals surface area (Å²) in [4.78, 5) is 0. The summed E-state index contributed by atoms with van der Waals surface area (Å²) in [5.74, 6) is 0.0632. The van der Waals surface area contributed by atoms with Crippen LogP contribution >= 0.6 is 11.6 Å². The standard InChI is InChI=1S/C10H11ClN2O2S/c11-9-5-7(12)1-2-10(9)13-8-3-4-16(14,15)6-8/h1-5,8,13H,6,12H2. The van der Waals surface area contributed by atoms with E-state index in [1.54, 1.807) is 24.3 Å². The number of nitrogen functional groups attached to an aromatic ring is 1. The van der Waals surface area contributed by atoms with Gasteiger partial charge in [-0.15, -0.1) is 0 Å². The van der Waals surface area contributed by atoms with Gasteiger partial charge in [0, 0.05) is 11.1 Å². The molecule has 1 aliphatic rings. The Morgan fingerprint density at radius 2 is 2.19 bits per heavy atom. The summed E-state index contributed by atoms with van der Waals surface area (Å²) in [5.41, 5.74) is 6.81. The van der Waals surface area contributed by atoms with Crippen LogP contribution in [0.25, 0.3) is 0 Å². The predicted molar refractivity (Wildman–Crippen MR) is 66.2 cm³/mol. The second kappa shape index (κ2) is 3.99. The Bertz CT molecular complexity index is 540. The fourth-order valence-corrected chi connectivity index (χ4v) is 2.99. The van der Waals surface area contributed by atoms with E-state index >= 15 is 0 Å². The smallest absolute Gasteiger partial charge is 0.173 e. The summed E-state index contributed by atoms with van der Waals surface area (Å²) in [7, 11) is -3.05. The minimum absolute atomic E-state index is 0.0632. The predicted octanol–water partition coefficient (Wildman–Crippen LogP) is 1.64. The molecule has 1 unspecified atom stereocenters. The Labute approximate surface area is 99.0 Å². The average Bonchev–Trinajstić information content (AvgIpc) is 2.51. The fourth-order valence-electron chi connectivity index (χ4n) is 1.51. The molecule has 1 aliphatic heterocycles. The van der Waals surface area contributed by atoms with Crippen LogP contribution in [0.1, 0.15) is 0 Å². The van der Waals surface area contributed by atoms with Crippen LogP contribution in [0.15, 0.2) is 29.7 Å². The van der Waals surface area contributed by atoms with Crippen molar-refractivity contribution in [3.05, 3.63) is 34.7 Å². The first kappa shape index (κ1) is 11.3. The maximum atomic E-state index is 11.2. The van der Waals surface area contributed by atoms with Crippen LogP contribution in [0.2, 0.25) is 5.02 Å².